The Morgan fingerprint density at radius 1 is 0.815 bits per heavy atom. The van der Waals surface area contributed by atoms with Gasteiger partial charge in [-0.05, 0) is 115 Å². The number of amides is 1. The van der Waals surface area contributed by atoms with E-state index >= 15 is 0 Å². The van der Waals surface area contributed by atoms with Crippen LogP contribution in [0.25, 0.3) is 32.0 Å². The highest BCUT2D eigenvalue weighted by atomic mass is 32.1. The number of ether oxygens (including phenoxy) is 4. The van der Waals surface area contributed by atoms with E-state index in [2.05, 4.69) is 13.0 Å². The van der Waals surface area contributed by atoms with Gasteiger partial charge in [0.1, 0.15) is 29.0 Å². The first-order valence-electron chi connectivity index (χ1n) is 19.2. The first kappa shape index (κ1) is 39.2. The van der Waals surface area contributed by atoms with Gasteiger partial charge in [-0.1, -0.05) is 32.0 Å². The molecule has 2 unspecified atom stereocenters. The van der Waals surface area contributed by atoms with Crippen molar-refractivity contribution in [2.24, 2.45) is 17.6 Å². The van der Waals surface area contributed by atoms with Gasteiger partial charge >= 0.3 is 24.0 Å². The van der Waals surface area contributed by atoms with E-state index in [1.807, 2.05) is 58.9 Å². The molecule has 12 heteroatoms. The van der Waals surface area contributed by atoms with Crippen molar-refractivity contribution in [1.82, 2.24) is 4.98 Å². The van der Waals surface area contributed by atoms with E-state index in [-0.39, 0.29) is 42.0 Å². The molecule has 54 heavy (non-hydrogen) atoms. The third-order valence-corrected chi connectivity index (χ3v) is 12.6. The van der Waals surface area contributed by atoms with Crippen molar-refractivity contribution in [3.05, 3.63) is 52.6 Å². The van der Waals surface area contributed by atoms with Crippen LogP contribution in [-0.4, -0.2) is 41.2 Å². The van der Waals surface area contributed by atoms with Gasteiger partial charge in [-0.25, -0.2) is 9.78 Å². The van der Waals surface area contributed by atoms with E-state index in [9.17, 15) is 19.2 Å². The number of hydrogen-bond donors (Lipinski definition) is 1. The maximum atomic E-state index is 13.8. The fraction of sp³-hybridized carbons (Fsp3) is 0.548. The number of thiazole rings is 1. The first-order chi connectivity index (χ1) is 25.6. The molecule has 0 radical (unpaired) electrons. The van der Waals surface area contributed by atoms with Gasteiger partial charge in [0.25, 0.3) is 0 Å². The quantitative estimate of drug-likeness (QED) is 0.115. The van der Waals surface area contributed by atoms with Gasteiger partial charge in [0.15, 0.2) is 10.8 Å². The third kappa shape index (κ3) is 8.13. The highest BCUT2D eigenvalue weighted by Crippen LogP contribution is 2.46. The van der Waals surface area contributed by atoms with Crippen LogP contribution in [0.5, 0.6) is 0 Å². The molecular weight excluding hydrogens is 709 g/mol. The van der Waals surface area contributed by atoms with E-state index in [4.69, 9.17) is 34.1 Å². The normalized spacial score (nSPS) is 22.6. The monoisotopic (exact) mass is 760 g/mol. The highest BCUT2D eigenvalue weighted by Gasteiger charge is 2.40. The zero-order valence-corrected chi connectivity index (χ0v) is 33.2. The summed E-state index contributed by atoms with van der Waals surface area (Å²) in [6, 6.07) is 10.1. The number of primary amides is 1. The molecule has 2 saturated carbocycles. The van der Waals surface area contributed by atoms with Crippen LogP contribution in [0.4, 0.5) is 4.79 Å². The number of aryl methyl sites for hydroxylation is 2. The van der Waals surface area contributed by atoms with Crippen LogP contribution in [0, 0.1) is 25.7 Å². The van der Waals surface area contributed by atoms with Crippen LogP contribution in [0.15, 0.2) is 34.7 Å². The molecule has 2 fully saturated rings. The molecule has 2 heterocycles. The lowest BCUT2D eigenvalue weighted by atomic mass is 9.85. The largest absolute Gasteiger partial charge is 0.463 e. The Labute approximate surface area is 320 Å². The minimum Gasteiger partial charge on any atom is -0.463 e. The lowest BCUT2D eigenvalue weighted by Gasteiger charge is -2.35. The lowest BCUT2D eigenvalue weighted by molar-refractivity contribution is -0.168. The van der Waals surface area contributed by atoms with E-state index in [1.165, 1.54) is 18.3 Å². The van der Waals surface area contributed by atoms with Gasteiger partial charge in [0, 0.05) is 23.4 Å². The standard InChI is InChI=1S/C42H52N2O9S/c1-8-41(6,52-38(46)27-12-16-29(17-13-27)50-40(43)48)31-18-19-32(42(7,9-2)53-39(47)26-10-14-28(15-11-26)49-25(5)45)36-35(31)44-37(54-36)34-22-30-24(4)20-23(3)21-33(30)51-34/h18-22,26-29H,8-17H2,1-7H3,(H2,43,48). The van der Waals surface area contributed by atoms with Crippen LogP contribution in [0.3, 0.4) is 0 Å². The second-order valence-corrected chi connectivity index (χ2v) is 16.5. The number of esters is 3. The Bertz CT molecular complexity index is 1950. The van der Waals surface area contributed by atoms with E-state index in [1.54, 1.807) is 0 Å². The van der Waals surface area contributed by atoms with Gasteiger partial charge in [-0.3, -0.25) is 14.4 Å². The summed E-state index contributed by atoms with van der Waals surface area (Å²) in [5.41, 5.74) is 8.42. The number of aromatic nitrogens is 1. The van der Waals surface area contributed by atoms with Crippen LogP contribution in [-0.2, 0) is 44.5 Å². The maximum Gasteiger partial charge on any atom is 0.404 e. The molecule has 2 atom stereocenters. The molecule has 2 aromatic carbocycles. The zero-order valence-electron chi connectivity index (χ0n) is 32.4. The molecule has 11 nitrogen and oxygen atoms in total. The summed E-state index contributed by atoms with van der Waals surface area (Å²) in [7, 11) is 0. The summed E-state index contributed by atoms with van der Waals surface area (Å²) in [5.74, 6) is -0.883. The highest BCUT2D eigenvalue weighted by molar-refractivity contribution is 7.21. The van der Waals surface area contributed by atoms with Crippen molar-refractivity contribution >= 4 is 56.5 Å². The Morgan fingerprint density at radius 3 is 1.89 bits per heavy atom. The van der Waals surface area contributed by atoms with Crippen molar-refractivity contribution in [3.63, 3.8) is 0 Å². The molecule has 1 amide bonds. The number of rotatable bonds is 11. The Balaban J connectivity index is 1.36. The summed E-state index contributed by atoms with van der Waals surface area (Å²) in [4.78, 5) is 55.5. The average Bonchev–Trinajstić information content (AvgIpc) is 3.76. The van der Waals surface area contributed by atoms with Crippen molar-refractivity contribution in [2.45, 2.75) is 136 Å². The number of furan rings is 1. The SMILES string of the molecule is CCC(C)(OC(=O)C1CCC(OC(N)=O)CC1)c1ccc(C(C)(CC)OC(=O)C2CCC(OC(C)=O)CC2)c2sc(-c3cc4c(C)cc(C)cc4o3)nc12. The summed E-state index contributed by atoms with van der Waals surface area (Å²) >= 11 is 1.47. The van der Waals surface area contributed by atoms with Crippen LogP contribution in [0.1, 0.15) is 121 Å². The predicted octanol–water partition coefficient (Wildman–Crippen LogP) is 9.44. The van der Waals surface area contributed by atoms with E-state index in [0.717, 1.165) is 37.9 Å². The summed E-state index contributed by atoms with van der Waals surface area (Å²) < 4.78 is 30.7. The van der Waals surface area contributed by atoms with Crippen LogP contribution < -0.4 is 5.73 Å². The molecule has 0 spiro atoms. The van der Waals surface area contributed by atoms with Crippen LogP contribution >= 0.6 is 11.3 Å². The van der Waals surface area contributed by atoms with Crippen molar-refractivity contribution in [1.29, 1.82) is 0 Å². The zero-order chi connectivity index (χ0) is 38.9. The van der Waals surface area contributed by atoms with E-state index in [0.29, 0.717) is 80.5 Å². The lowest BCUT2D eigenvalue weighted by Crippen LogP contribution is -2.36. The Kier molecular flexibility index (Phi) is 11.4. The summed E-state index contributed by atoms with van der Waals surface area (Å²) in [5, 5.41) is 1.67. The molecule has 2 aromatic heterocycles. The molecule has 0 bridgehead atoms. The second kappa shape index (κ2) is 15.7. The molecule has 4 aromatic rings. The van der Waals surface area contributed by atoms with Crippen LogP contribution in [0.2, 0.25) is 0 Å². The van der Waals surface area contributed by atoms with Crippen molar-refractivity contribution < 1.29 is 42.5 Å². The number of nitrogens with zero attached hydrogens (tertiary/aromatic N) is 1. The number of fused-ring (bicyclic) bond motifs is 2. The number of carbonyl (C=O) groups is 4. The maximum absolute atomic E-state index is 13.8. The minimum absolute atomic E-state index is 0.175. The number of nitrogens with two attached hydrogens (primary N) is 1. The predicted molar refractivity (Wildman–Crippen MR) is 206 cm³/mol. The molecule has 2 N–H and O–H groups in total. The van der Waals surface area contributed by atoms with E-state index < -0.39 is 17.3 Å². The Morgan fingerprint density at radius 2 is 1.35 bits per heavy atom. The first-order valence-corrected chi connectivity index (χ1v) is 20.0. The molecule has 0 saturated heterocycles. The molecular formula is C42H52N2O9S. The second-order valence-electron chi connectivity index (χ2n) is 15.5. The van der Waals surface area contributed by atoms with Crippen molar-refractivity contribution in [3.8, 4) is 10.8 Å². The van der Waals surface area contributed by atoms with Gasteiger partial charge in [-0.2, -0.15) is 0 Å². The van der Waals surface area contributed by atoms with Gasteiger partial charge in [0.2, 0.25) is 0 Å². The molecule has 0 aliphatic heterocycles. The Hall–Kier alpha value is -4.45. The summed E-state index contributed by atoms with van der Waals surface area (Å²) in [6.45, 7) is 13.3. The van der Waals surface area contributed by atoms with Gasteiger partial charge < -0.3 is 29.1 Å². The number of carbonyl (C=O) groups excluding carboxylic acids is 4. The fourth-order valence-electron chi connectivity index (χ4n) is 8.03. The number of hydrogen-bond acceptors (Lipinski definition) is 11. The molecule has 2 aliphatic carbocycles. The van der Waals surface area contributed by atoms with Gasteiger partial charge in [-0.15, -0.1) is 11.3 Å². The third-order valence-electron chi connectivity index (χ3n) is 11.5. The summed E-state index contributed by atoms with van der Waals surface area (Å²) in [6.07, 6.45) is 4.26. The average molecular weight is 761 g/mol. The fourth-order valence-corrected chi connectivity index (χ4v) is 9.20. The van der Waals surface area contributed by atoms with Crippen molar-refractivity contribution in [2.75, 3.05) is 0 Å². The van der Waals surface area contributed by atoms with Gasteiger partial charge in [0.05, 0.1) is 22.1 Å². The topological polar surface area (TPSA) is 157 Å². The molecule has 6 rings (SSSR count). The number of benzene rings is 2. The minimum atomic E-state index is -1.03. The molecule has 290 valence electrons. The molecule has 2 aliphatic rings. The smallest absolute Gasteiger partial charge is 0.404 e.